The van der Waals surface area contributed by atoms with Gasteiger partial charge in [-0.2, -0.15) is 5.26 Å². The van der Waals surface area contributed by atoms with Crippen molar-refractivity contribution in [3.05, 3.63) is 58.1 Å². The number of aryl methyl sites for hydroxylation is 1. The molecule has 1 aliphatic rings. The smallest absolute Gasteiger partial charge is 0.246 e. The van der Waals surface area contributed by atoms with Crippen molar-refractivity contribution in [3.8, 4) is 6.07 Å². The first kappa shape index (κ1) is 17.3. The molecule has 2 aromatic rings. The van der Waals surface area contributed by atoms with Crippen LogP contribution in [0.4, 0.5) is 11.4 Å². The fourth-order valence-electron chi connectivity index (χ4n) is 3.15. The minimum Gasteiger partial charge on any atom is -0.374 e. The maximum Gasteiger partial charge on any atom is 0.246 e. The summed E-state index contributed by atoms with van der Waals surface area (Å²) >= 11 is 6.01. The topological polar surface area (TPSA) is 64.9 Å². The van der Waals surface area contributed by atoms with Crippen LogP contribution in [-0.4, -0.2) is 11.9 Å². The molecule has 1 aliphatic carbocycles. The zero-order valence-corrected chi connectivity index (χ0v) is 14.9. The summed E-state index contributed by atoms with van der Waals surface area (Å²) in [6.45, 7) is 1.84. The van der Waals surface area contributed by atoms with E-state index in [2.05, 4.69) is 16.7 Å². The Kier molecular flexibility index (Phi) is 5.25. The number of fused-ring (bicyclic) bond motifs is 1. The normalized spacial score (nSPS) is 14.1. The highest BCUT2D eigenvalue weighted by Crippen LogP contribution is 2.28. The van der Waals surface area contributed by atoms with E-state index < -0.39 is 0 Å². The van der Waals surface area contributed by atoms with E-state index >= 15 is 0 Å². The number of rotatable bonds is 4. The molecule has 0 saturated heterocycles. The number of nitrogens with one attached hydrogen (secondary N) is 2. The highest BCUT2D eigenvalue weighted by Gasteiger charge is 2.18. The molecule has 2 N–H and O–H groups in total. The Morgan fingerprint density at radius 3 is 2.80 bits per heavy atom. The van der Waals surface area contributed by atoms with Crippen LogP contribution in [0.5, 0.6) is 0 Å². The van der Waals surface area contributed by atoms with Crippen LogP contribution in [0.1, 0.15) is 36.5 Å². The Morgan fingerprint density at radius 1 is 1.24 bits per heavy atom. The second-order valence-corrected chi connectivity index (χ2v) is 6.72. The van der Waals surface area contributed by atoms with Gasteiger partial charge in [0.05, 0.1) is 10.6 Å². The molecule has 1 amide bonds. The van der Waals surface area contributed by atoms with Crippen molar-refractivity contribution < 1.29 is 4.79 Å². The predicted octanol–water partition coefficient (Wildman–Crippen LogP) is 4.53. The number of carbonyl (C=O) groups excluding carboxylic acids is 1. The lowest BCUT2D eigenvalue weighted by Crippen LogP contribution is -2.32. The number of hydrogen-bond donors (Lipinski definition) is 2. The molecule has 25 heavy (non-hydrogen) atoms. The van der Waals surface area contributed by atoms with E-state index in [1.165, 1.54) is 24.0 Å². The van der Waals surface area contributed by atoms with Gasteiger partial charge < -0.3 is 10.6 Å². The second-order valence-electron chi connectivity index (χ2n) is 6.31. The molecule has 0 aromatic heterocycles. The van der Waals surface area contributed by atoms with Crippen LogP contribution in [0.15, 0.2) is 36.4 Å². The van der Waals surface area contributed by atoms with Gasteiger partial charge in [-0.15, -0.1) is 0 Å². The largest absolute Gasteiger partial charge is 0.374 e. The van der Waals surface area contributed by atoms with Gasteiger partial charge in [0.2, 0.25) is 5.91 Å². The number of benzene rings is 2. The van der Waals surface area contributed by atoms with Crippen molar-refractivity contribution in [2.45, 2.75) is 38.6 Å². The molecule has 0 bridgehead atoms. The predicted molar refractivity (Wildman–Crippen MR) is 101 cm³/mol. The van der Waals surface area contributed by atoms with Crippen molar-refractivity contribution >= 4 is 28.9 Å². The first-order valence-electron chi connectivity index (χ1n) is 8.46. The molecule has 0 unspecified atom stereocenters. The van der Waals surface area contributed by atoms with Crippen molar-refractivity contribution in [3.63, 3.8) is 0 Å². The van der Waals surface area contributed by atoms with Crippen LogP contribution in [0.2, 0.25) is 5.02 Å². The van der Waals surface area contributed by atoms with E-state index in [-0.39, 0.29) is 11.9 Å². The number of amides is 1. The van der Waals surface area contributed by atoms with Crippen LogP contribution >= 0.6 is 11.6 Å². The van der Waals surface area contributed by atoms with Crippen LogP contribution in [-0.2, 0) is 17.6 Å². The summed E-state index contributed by atoms with van der Waals surface area (Å²) in [7, 11) is 0. The Bertz CT molecular complexity index is 841. The van der Waals surface area contributed by atoms with E-state index in [4.69, 9.17) is 16.9 Å². The standard InChI is InChI=1S/C20H20ClN3O/c1-13(20(25)24-16-10-9-15(12-22)18(21)11-16)23-19-8-4-6-14-5-2-3-7-17(14)19/h4,6,8-11,13,23H,2-3,5,7H2,1H3,(H,24,25)/t13-/m0/s1. The maximum atomic E-state index is 12.5. The molecule has 0 aliphatic heterocycles. The van der Waals surface area contributed by atoms with E-state index in [0.29, 0.717) is 16.3 Å². The third kappa shape index (κ3) is 3.94. The lowest BCUT2D eigenvalue weighted by atomic mass is 9.90. The zero-order valence-electron chi connectivity index (χ0n) is 14.1. The van der Waals surface area contributed by atoms with Gasteiger partial charge in [-0.25, -0.2) is 0 Å². The van der Waals surface area contributed by atoms with Crippen molar-refractivity contribution in [1.82, 2.24) is 0 Å². The third-order valence-electron chi connectivity index (χ3n) is 4.52. The van der Waals surface area contributed by atoms with Gasteiger partial charge in [-0.1, -0.05) is 23.7 Å². The Labute approximate surface area is 152 Å². The fraction of sp³-hybridized carbons (Fsp3) is 0.300. The van der Waals surface area contributed by atoms with Crippen molar-refractivity contribution in [1.29, 1.82) is 5.26 Å². The number of carbonyl (C=O) groups is 1. The van der Waals surface area contributed by atoms with Crippen LogP contribution in [0.3, 0.4) is 0 Å². The highest BCUT2D eigenvalue weighted by atomic mass is 35.5. The third-order valence-corrected chi connectivity index (χ3v) is 4.83. The van der Waals surface area contributed by atoms with Gasteiger partial charge in [0.25, 0.3) is 0 Å². The van der Waals surface area contributed by atoms with Gasteiger partial charge >= 0.3 is 0 Å². The summed E-state index contributed by atoms with van der Waals surface area (Å²) in [5, 5.41) is 15.4. The molecule has 0 fully saturated rings. The number of nitriles is 1. The van der Waals surface area contributed by atoms with Gasteiger partial charge in [0, 0.05) is 11.4 Å². The molecule has 2 aromatic carbocycles. The molecule has 0 radical (unpaired) electrons. The highest BCUT2D eigenvalue weighted by molar-refractivity contribution is 6.32. The van der Waals surface area contributed by atoms with E-state index in [1.807, 2.05) is 25.1 Å². The molecule has 128 valence electrons. The maximum absolute atomic E-state index is 12.5. The lowest BCUT2D eigenvalue weighted by molar-refractivity contribution is -0.116. The second kappa shape index (κ2) is 7.58. The SMILES string of the molecule is C[C@H](Nc1cccc2c1CCCC2)C(=O)Nc1ccc(C#N)c(Cl)c1. The quantitative estimate of drug-likeness (QED) is 0.848. The average molecular weight is 354 g/mol. The summed E-state index contributed by atoms with van der Waals surface area (Å²) in [6, 6.07) is 12.7. The molecule has 5 heteroatoms. The van der Waals surface area contributed by atoms with Gasteiger partial charge in [0.15, 0.2) is 0 Å². The molecule has 3 rings (SSSR count). The fourth-order valence-corrected chi connectivity index (χ4v) is 3.37. The first-order valence-corrected chi connectivity index (χ1v) is 8.84. The summed E-state index contributed by atoms with van der Waals surface area (Å²) < 4.78 is 0. The molecule has 0 heterocycles. The Hall–Kier alpha value is -2.51. The molecule has 4 nitrogen and oxygen atoms in total. The number of anilines is 2. The van der Waals surface area contributed by atoms with Crippen LogP contribution < -0.4 is 10.6 Å². The summed E-state index contributed by atoms with van der Waals surface area (Å²) in [4.78, 5) is 12.5. The molecular formula is C20H20ClN3O. The van der Waals surface area contributed by atoms with Gasteiger partial charge in [0.1, 0.15) is 12.1 Å². The monoisotopic (exact) mass is 353 g/mol. The van der Waals surface area contributed by atoms with Crippen molar-refractivity contribution in [2.24, 2.45) is 0 Å². The van der Waals surface area contributed by atoms with E-state index in [1.54, 1.807) is 18.2 Å². The first-order chi connectivity index (χ1) is 12.1. The van der Waals surface area contributed by atoms with E-state index in [0.717, 1.165) is 18.5 Å². The Morgan fingerprint density at radius 2 is 2.04 bits per heavy atom. The summed E-state index contributed by atoms with van der Waals surface area (Å²) in [6.07, 6.45) is 4.58. The molecular weight excluding hydrogens is 334 g/mol. The van der Waals surface area contributed by atoms with Gasteiger partial charge in [-0.3, -0.25) is 4.79 Å². The van der Waals surface area contributed by atoms with E-state index in [9.17, 15) is 4.79 Å². The average Bonchev–Trinajstić information content (AvgIpc) is 2.62. The number of nitrogens with zero attached hydrogens (tertiary/aromatic N) is 1. The zero-order chi connectivity index (χ0) is 17.8. The van der Waals surface area contributed by atoms with Crippen LogP contribution in [0, 0.1) is 11.3 Å². The molecule has 1 atom stereocenters. The lowest BCUT2D eigenvalue weighted by Gasteiger charge is -2.22. The number of halogens is 1. The van der Waals surface area contributed by atoms with Gasteiger partial charge in [-0.05, 0) is 68.0 Å². The number of hydrogen-bond acceptors (Lipinski definition) is 3. The summed E-state index contributed by atoms with van der Waals surface area (Å²) in [5.74, 6) is -0.144. The van der Waals surface area contributed by atoms with Crippen LogP contribution in [0.25, 0.3) is 0 Å². The summed E-state index contributed by atoms with van der Waals surface area (Å²) in [5.41, 5.74) is 4.72. The van der Waals surface area contributed by atoms with Crippen molar-refractivity contribution in [2.75, 3.05) is 10.6 Å². The molecule has 0 saturated carbocycles. The minimum absolute atomic E-state index is 0.144. The molecule has 0 spiro atoms. The Balaban J connectivity index is 1.69. The minimum atomic E-state index is -0.386.